The molecule has 72 valence electrons. The zero-order chi connectivity index (χ0) is 10.0. The molecule has 4 N–H and O–H groups in total. The van der Waals surface area contributed by atoms with Gasteiger partial charge in [-0.3, -0.25) is 0 Å². The van der Waals surface area contributed by atoms with Gasteiger partial charge in [-0.1, -0.05) is 13.0 Å². The van der Waals surface area contributed by atoms with E-state index < -0.39 is 0 Å². The van der Waals surface area contributed by atoms with E-state index >= 15 is 0 Å². The molecule has 0 aliphatic heterocycles. The minimum atomic E-state index is -0.266. The molecule has 3 nitrogen and oxygen atoms in total. The molecule has 0 radical (unpaired) electrons. The predicted molar refractivity (Wildman–Crippen MR) is 51.8 cm³/mol. The van der Waals surface area contributed by atoms with Gasteiger partial charge in [0, 0.05) is 11.6 Å². The Kier molecular flexibility index (Phi) is 2.78. The normalized spacial score (nSPS) is 12.8. The van der Waals surface area contributed by atoms with Crippen molar-refractivity contribution in [3.8, 4) is 11.5 Å². The maximum atomic E-state index is 9.46. The summed E-state index contributed by atoms with van der Waals surface area (Å²) in [6.45, 7) is 3.75. The van der Waals surface area contributed by atoms with E-state index in [-0.39, 0.29) is 17.5 Å². The van der Waals surface area contributed by atoms with Crippen molar-refractivity contribution in [1.29, 1.82) is 0 Å². The molecule has 0 aliphatic carbocycles. The Morgan fingerprint density at radius 3 is 2.46 bits per heavy atom. The number of phenols is 2. The Labute approximate surface area is 77.8 Å². The molecular formula is C10H15NO2. The standard InChI is InChI=1S/C10H15NO2/c1-3-7-4-8(6(2)11)10(13)9(12)5-7/h4-6,12-13H,3,11H2,1-2H3/t6-/m1/s1. The second kappa shape index (κ2) is 3.66. The molecule has 1 aromatic rings. The number of phenolic OH excluding ortho intramolecular Hbond substituents is 2. The highest BCUT2D eigenvalue weighted by molar-refractivity contribution is 5.48. The van der Waals surface area contributed by atoms with Crippen molar-refractivity contribution in [1.82, 2.24) is 0 Å². The SMILES string of the molecule is CCc1cc(O)c(O)c([C@@H](C)N)c1. The maximum Gasteiger partial charge on any atom is 0.162 e. The van der Waals surface area contributed by atoms with Gasteiger partial charge in [0.25, 0.3) is 0 Å². The van der Waals surface area contributed by atoms with E-state index in [4.69, 9.17) is 5.73 Å². The topological polar surface area (TPSA) is 66.5 Å². The molecule has 0 unspecified atom stereocenters. The van der Waals surface area contributed by atoms with E-state index in [1.807, 2.05) is 13.0 Å². The highest BCUT2D eigenvalue weighted by atomic mass is 16.3. The highest BCUT2D eigenvalue weighted by Gasteiger charge is 2.11. The van der Waals surface area contributed by atoms with Crippen LogP contribution in [0, 0.1) is 0 Å². The molecule has 0 fully saturated rings. The van der Waals surface area contributed by atoms with Gasteiger partial charge in [-0.15, -0.1) is 0 Å². The highest BCUT2D eigenvalue weighted by Crippen LogP contribution is 2.33. The number of benzene rings is 1. The maximum absolute atomic E-state index is 9.46. The molecule has 13 heavy (non-hydrogen) atoms. The van der Waals surface area contributed by atoms with Crippen molar-refractivity contribution >= 4 is 0 Å². The van der Waals surface area contributed by atoms with E-state index in [0.29, 0.717) is 5.56 Å². The van der Waals surface area contributed by atoms with E-state index in [1.54, 1.807) is 13.0 Å². The molecular weight excluding hydrogens is 166 g/mol. The molecule has 0 saturated carbocycles. The lowest BCUT2D eigenvalue weighted by Gasteiger charge is -2.11. The number of aryl methyl sites for hydroxylation is 1. The van der Waals surface area contributed by atoms with Crippen molar-refractivity contribution in [2.45, 2.75) is 26.3 Å². The summed E-state index contributed by atoms with van der Waals surface area (Å²) in [5.41, 5.74) is 7.20. The van der Waals surface area contributed by atoms with Crippen LogP contribution in [-0.4, -0.2) is 10.2 Å². The van der Waals surface area contributed by atoms with Crippen LogP contribution in [0.3, 0.4) is 0 Å². The molecule has 3 heteroatoms. The van der Waals surface area contributed by atoms with Crippen LogP contribution in [0.2, 0.25) is 0 Å². The van der Waals surface area contributed by atoms with Crippen LogP contribution in [0.1, 0.15) is 31.0 Å². The van der Waals surface area contributed by atoms with Gasteiger partial charge in [0.2, 0.25) is 0 Å². The van der Waals surface area contributed by atoms with Crippen LogP contribution in [-0.2, 0) is 6.42 Å². The van der Waals surface area contributed by atoms with Gasteiger partial charge in [0.05, 0.1) is 0 Å². The molecule has 0 saturated heterocycles. The molecule has 0 heterocycles. The van der Waals surface area contributed by atoms with Crippen LogP contribution in [0.25, 0.3) is 0 Å². The molecule has 1 aromatic carbocycles. The summed E-state index contributed by atoms with van der Waals surface area (Å²) >= 11 is 0. The van der Waals surface area contributed by atoms with E-state index in [2.05, 4.69) is 0 Å². The van der Waals surface area contributed by atoms with Crippen molar-refractivity contribution in [3.05, 3.63) is 23.3 Å². The van der Waals surface area contributed by atoms with Crippen LogP contribution >= 0.6 is 0 Å². The minimum Gasteiger partial charge on any atom is -0.504 e. The average Bonchev–Trinajstić information content (AvgIpc) is 2.09. The van der Waals surface area contributed by atoms with Crippen molar-refractivity contribution in [2.24, 2.45) is 5.73 Å². The van der Waals surface area contributed by atoms with Crippen molar-refractivity contribution < 1.29 is 10.2 Å². The zero-order valence-electron chi connectivity index (χ0n) is 7.91. The number of rotatable bonds is 2. The first kappa shape index (κ1) is 9.86. The van der Waals surface area contributed by atoms with Crippen LogP contribution in [0.15, 0.2) is 12.1 Å². The van der Waals surface area contributed by atoms with E-state index in [1.165, 1.54) is 0 Å². The number of hydrogen-bond acceptors (Lipinski definition) is 3. The third-order valence-corrected chi connectivity index (χ3v) is 2.08. The second-order valence-corrected chi connectivity index (χ2v) is 3.20. The Balaban J connectivity index is 3.25. The Morgan fingerprint density at radius 1 is 1.38 bits per heavy atom. The largest absolute Gasteiger partial charge is 0.504 e. The number of nitrogens with two attached hydrogens (primary N) is 1. The lowest BCUT2D eigenvalue weighted by molar-refractivity contribution is 0.396. The first-order valence-electron chi connectivity index (χ1n) is 4.36. The van der Waals surface area contributed by atoms with E-state index in [0.717, 1.165) is 12.0 Å². The predicted octanol–water partition coefficient (Wildman–Crippen LogP) is 1.68. The third kappa shape index (κ3) is 1.92. The van der Waals surface area contributed by atoms with E-state index in [9.17, 15) is 10.2 Å². The fourth-order valence-electron chi connectivity index (χ4n) is 1.25. The van der Waals surface area contributed by atoms with Crippen molar-refractivity contribution in [2.75, 3.05) is 0 Å². The molecule has 1 rings (SSSR count). The molecule has 0 amide bonds. The van der Waals surface area contributed by atoms with Gasteiger partial charge < -0.3 is 15.9 Å². The second-order valence-electron chi connectivity index (χ2n) is 3.20. The Morgan fingerprint density at radius 2 is 2.00 bits per heavy atom. The zero-order valence-corrected chi connectivity index (χ0v) is 7.91. The smallest absolute Gasteiger partial charge is 0.162 e. The third-order valence-electron chi connectivity index (χ3n) is 2.08. The van der Waals surface area contributed by atoms with Crippen molar-refractivity contribution in [3.63, 3.8) is 0 Å². The van der Waals surface area contributed by atoms with Gasteiger partial charge in [-0.2, -0.15) is 0 Å². The summed E-state index contributed by atoms with van der Waals surface area (Å²) in [5, 5.41) is 18.8. The van der Waals surface area contributed by atoms with Gasteiger partial charge in [-0.05, 0) is 25.0 Å². The quantitative estimate of drug-likeness (QED) is 0.608. The first-order valence-corrected chi connectivity index (χ1v) is 4.36. The summed E-state index contributed by atoms with van der Waals surface area (Å²) in [6, 6.07) is 3.11. The van der Waals surface area contributed by atoms with Crippen LogP contribution in [0.4, 0.5) is 0 Å². The minimum absolute atomic E-state index is 0.0911. The fourth-order valence-corrected chi connectivity index (χ4v) is 1.25. The average molecular weight is 181 g/mol. The van der Waals surface area contributed by atoms with Gasteiger partial charge in [0.15, 0.2) is 11.5 Å². The summed E-state index contributed by atoms with van der Waals surface area (Å²) in [6.07, 6.45) is 0.813. The Hall–Kier alpha value is -1.22. The lowest BCUT2D eigenvalue weighted by Crippen LogP contribution is -2.05. The number of hydrogen-bond donors (Lipinski definition) is 3. The summed E-state index contributed by atoms with van der Waals surface area (Å²) in [4.78, 5) is 0. The molecule has 0 bridgehead atoms. The molecule has 0 aliphatic rings. The lowest BCUT2D eigenvalue weighted by atomic mass is 10.0. The summed E-state index contributed by atoms with van der Waals surface area (Å²) < 4.78 is 0. The summed E-state index contributed by atoms with van der Waals surface area (Å²) in [5.74, 6) is -0.196. The van der Waals surface area contributed by atoms with Gasteiger partial charge in [-0.25, -0.2) is 0 Å². The van der Waals surface area contributed by atoms with Crippen LogP contribution < -0.4 is 5.73 Å². The summed E-state index contributed by atoms with van der Waals surface area (Å²) in [7, 11) is 0. The molecule has 0 spiro atoms. The molecule has 1 atom stereocenters. The first-order chi connectivity index (χ1) is 6.06. The number of aromatic hydroxyl groups is 2. The monoisotopic (exact) mass is 181 g/mol. The van der Waals surface area contributed by atoms with Gasteiger partial charge in [0.1, 0.15) is 0 Å². The van der Waals surface area contributed by atoms with Crippen LogP contribution in [0.5, 0.6) is 11.5 Å². The Bertz CT molecular complexity index is 308. The molecule has 0 aromatic heterocycles. The van der Waals surface area contributed by atoms with Gasteiger partial charge >= 0.3 is 0 Å². The fraction of sp³-hybridized carbons (Fsp3) is 0.400.